The molecule has 106 valence electrons. The number of rotatable bonds is 8. The lowest BCUT2D eigenvalue weighted by Gasteiger charge is -2.25. The van der Waals surface area contributed by atoms with Crippen molar-refractivity contribution in [2.75, 3.05) is 40.9 Å². The molecule has 1 aliphatic carbocycles. The average molecular weight is 256 g/mol. The molecule has 0 spiro atoms. The van der Waals surface area contributed by atoms with Gasteiger partial charge in [-0.2, -0.15) is 0 Å². The van der Waals surface area contributed by atoms with Crippen molar-refractivity contribution < 1.29 is 4.74 Å². The molecule has 5 nitrogen and oxygen atoms in total. The van der Waals surface area contributed by atoms with Crippen LogP contribution in [-0.2, 0) is 4.74 Å². The summed E-state index contributed by atoms with van der Waals surface area (Å²) in [6, 6.07) is 1.34. The molecule has 1 aliphatic rings. The van der Waals surface area contributed by atoms with Gasteiger partial charge in [0.1, 0.15) is 0 Å². The van der Waals surface area contributed by atoms with Gasteiger partial charge in [0.25, 0.3) is 0 Å². The van der Waals surface area contributed by atoms with Crippen molar-refractivity contribution >= 4 is 5.96 Å². The summed E-state index contributed by atoms with van der Waals surface area (Å²) < 4.78 is 5.01. The molecule has 0 unspecified atom stereocenters. The minimum atomic E-state index is 0.537. The molecule has 0 bridgehead atoms. The molecule has 1 rings (SSSR count). The fourth-order valence-corrected chi connectivity index (χ4v) is 1.87. The number of likely N-dealkylation sites (N-methyl/N-ethyl adjacent to an activating group) is 1. The Hall–Kier alpha value is -0.810. The molecule has 0 aromatic heterocycles. The highest BCUT2D eigenvalue weighted by Gasteiger charge is 2.28. The standard InChI is InChI=1S/C13H28N4O/c1-11(17(3)12-6-7-12)10-16-13(14-2)15-8-5-9-18-4/h11-12H,5-10H2,1-4H3,(H2,14,15,16)/t11-/m0/s1. The van der Waals surface area contributed by atoms with E-state index >= 15 is 0 Å². The highest BCUT2D eigenvalue weighted by atomic mass is 16.5. The zero-order chi connectivity index (χ0) is 13.4. The summed E-state index contributed by atoms with van der Waals surface area (Å²) in [6.45, 7) is 4.85. The van der Waals surface area contributed by atoms with E-state index in [-0.39, 0.29) is 0 Å². The summed E-state index contributed by atoms with van der Waals surface area (Å²) in [5.41, 5.74) is 0. The number of aliphatic imine (C=N–C) groups is 1. The first-order valence-corrected chi connectivity index (χ1v) is 6.84. The number of methoxy groups -OCH3 is 1. The quantitative estimate of drug-likeness (QED) is 0.381. The predicted molar refractivity (Wildman–Crippen MR) is 76.1 cm³/mol. The van der Waals surface area contributed by atoms with Crippen molar-refractivity contribution in [3.8, 4) is 0 Å². The van der Waals surface area contributed by atoms with Crippen LogP contribution in [0.2, 0.25) is 0 Å². The SMILES string of the molecule is CN=C(NCCCOC)NC[C@H](C)N(C)C1CC1. The van der Waals surface area contributed by atoms with Crippen LogP contribution in [0.15, 0.2) is 4.99 Å². The average Bonchev–Trinajstić information content (AvgIpc) is 3.21. The largest absolute Gasteiger partial charge is 0.385 e. The maximum atomic E-state index is 5.01. The molecule has 5 heteroatoms. The summed E-state index contributed by atoms with van der Waals surface area (Å²) in [6.07, 6.45) is 3.70. The molecule has 0 saturated heterocycles. The third-order valence-electron chi connectivity index (χ3n) is 3.42. The van der Waals surface area contributed by atoms with E-state index in [0.717, 1.165) is 38.1 Å². The zero-order valence-electron chi connectivity index (χ0n) is 12.2. The van der Waals surface area contributed by atoms with Crippen molar-refractivity contribution in [1.29, 1.82) is 0 Å². The lowest BCUT2D eigenvalue weighted by atomic mass is 10.3. The fourth-order valence-electron chi connectivity index (χ4n) is 1.87. The van der Waals surface area contributed by atoms with Gasteiger partial charge in [-0.15, -0.1) is 0 Å². The van der Waals surface area contributed by atoms with Gasteiger partial charge in [-0.1, -0.05) is 0 Å². The highest BCUT2D eigenvalue weighted by Crippen LogP contribution is 2.26. The maximum absolute atomic E-state index is 5.01. The normalized spacial score (nSPS) is 17.9. The Bertz CT molecular complexity index is 253. The Morgan fingerprint density at radius 1 is 1.44 bits per heavy atom. The second-order valence-electron chi connectivity index (χ2n) is 4.97. The van der Waals surface area contributed by atoms with Crippen molar-refractivity contribution in [3.63, 3.8) is 0 Å². The van der Waals surface area contributed by atoms with Crippen LogP contribution in [0.4, 0.5) is 0 Å². The predicted octanol–water partition coefficient (Wildman–Crippen LogP) is 0.671. The molecule has 1 atom stereocenters. The van der Waals surface area contributed by atoms with E-state index in [1.165, 1.54) is 12.8 Å². The Kier molecular flexibility index (Phi) is 7.05. The van der Waals surface area contributed by atoms with Crippen LogP contribution in [-0.4, -0.2) is 63.8 Å². The van der Waals surface area contributed by atoms with Crippen molar-refractivity contribution in [3.05, 3.63) is 0 Å². The number of guanidine groups is 1. The molecule has 1 fully saturated rings. The smallest absolute Gasteiger partial charge is 0.191 e. The summed E-state index contributed by atoms with van der Waals surface area (Å²) in [5, 5.41) is 6.65. The van der Waals surface area contributed by atoms with Crippen LogP contribution in [0.3, 0.4) is 0 Å². The number of nitrogens with zero attached hydrogens (tertiary/aromatic N) is 2. The topological polar surface area (TPSA) is 48.9 Å². The molecule has 0 aromatic carbocycles. The zero-order valence-corrected chi connectivity index (χ0v) is 12.2. The van der Waals surface area contributed by atoms with Gasteiger partial charge in [-0.05, 0) is 33.2 Å². The van der Waals surface area contributed by atoms with Crippen LogP contribution in [0.5, 0.6) is 0 Å². The van der Waals surface area contributed by atoms with Crippen LogP contribution >= 0.6 is 0 Å². The third-order valence-corrected chi connectivity index (χ3v) is 3.42. The molecule has 0 radical (unpaired) electrons. The monoisotopic (exact) mass is 256 g/mol. The van der Waals surface area contributed by atoms with Crippen LogP contribution in [0.25, 0.3) is 0 Å². The van der Waals surface area contributed by atoms with E-state index in [1.807, 2.05) is 0 Å². The Morgan fingerprint density at radius 2 is 2.17 bits per heavy atom. The molecule has 1 saturated carbocycles. The fraction of sp³-hybridized carbons (Fsp3) is 0.923. The second-order valence-corrected chi connectivity index (χ2v) is 4.97. The molecule has 0 amide bonds. The van der Waals surface area contributed by atoms with Gasteiger partial charge >= 0.3 is 0 Å². The van der Waals surface area contributed by atoms with Gasteiger partial charge in [-0.25, -0.2) is 0 Å². The maximum Gasteiger partial charge on any atom is 0.191 e. The number of nitrogens with one attached hydrogen (secondary N) is 2. The molecule has 0 aromatic rings. The van der Waals surface area contributed by atoms with E-state index in [2.05, 4.69) is 34.5 Å². The minimum absolute atomic E-state index is 0.537. The highest BCUT2D eigenvalue weighted by molar-refractivity contribution is 5.79. The molecule has 0 aliphatic heterocycles. The molecule has 18 heavy (non-hydrogen) atoms. The van der Waals surface area contributed by atoms with Gasteiger partial charge in [-0.3, -0.25) is 9.89 Å². The second kappa shape index (κ2) is 8.32. The summed E-state index contributed by atoms with van der Waals surface area (Å²) in [5.74, 6) is 0.877. The molecular weight excluding hydrogens is 228 g/mol. The Balaban J connectivity index is 2.14. The van der Waals surface area contributed by atoms with Crippen LogP contribution < -0.4 is 10.6 Å². The Labute approximate surface area is 111 Å². The molecular formula is C13H28N4O. The van der Waals surface area contributed by atoms with E-state index in [4.69, 9.17) is 4.74 Å². The summed E-state index contributed by atoms with van der Waals surface area (Å²) in [7, 11) is 5.74. The van der Waals surface area contributed by atoms with Gasteiger partial charge in [0.15, 0.2) is 5.96 Å². The van der Waals surface area contributed by atoms with Crippen molar-refractivity contribution in [2.24, 2.45) is 4.99 Å². The lowest BCUT2D eigenvalue weighted by Crippen LogP contribution is -2.45. The Morgan fingerprint density at radius 3 is 2.72 bits per heavy atom. The minimum Gasteiger partial charge on any atom is -0.385 e. The van der Waals surface area contributed by atoms with Crippen molar-refractivity contribution in [1.82, 2.24) is 15.5 Å². The molecule has 0 heterocycles. The van der Waals surface area contributed by atoms with Gasteiger partial charge in [0.2, 0.25) is 0 Å². The lowest BCUT2D eigenvalue weighted by molar-refractivity contribution is 0.195. The first-order valence-electron chi connectivity index (χ1n) is 6.84. The van der Waals surface area contributed by atoms with E-state index in [0.29, 0.717) is 6.04 Å². The summed E-state index contributed by atoms with van der Waals surface area (Å²) >= 11 is 0. The molecule has 2 N–H and O–H groups in total. The van der Waals surface area contributed by atoms with Crippen LogP contribution in [0, 0.1) is 0 Å². The third kappa shape index (κ3) is 5.69. The summed E-state index contributed by atoms with van der Waals surface area (Å²) in [4.78, 5) is 6.66. The number of hydrogen-bond acceptors (Lipinski definition) is 3. The van der Waals surface area contributed by atoms with Crippen LogP contribution in [0.1, 0.15) is 26.2 Å². The van der Waals surface area contributed by atoms with Crippen molar-refractivity contribution in [2.45, 2.75) is 38.3 Å². The first kappa shape index (κ1) is 15.2. The van der Waals surface area contributed by atoms with E-state index in [9.17, 15) is 0 Å². The van der Waals surface area contributed by atoms with Gasteiger partial charge in [0, 0.05) is 45.9 Å². The van der Waals surface area contributed by atoms with Gasteiger partial charge < -0.3 is 15.4 Å². The van der Waals surface area contributed by atoms with E-state index in [1.54, 1.807) is 14.2 Å². The first-order chi connectivity index (χ1) is 8.69. The number of ether oxygens (including phenoxy) is 1. The van der Waals surface area contributed by atoms with Gasteiger partial charge in [0.05, 0.1) is 0 Å². The number of hydrogen-bond donors (Lipinski definition) is 2. The van der Waals surface area contributed by atoms with E-state index < -0.39 is 0 Å².